The lowest BCUT2D eigenvalue weighted by molar-refractivity contribution is -0.116. The van der Waals surface area contributed by atoms with E-state index < -0.39 is 0 Å². The number of rotatable bonds is 5. The molecule has 0 bridgehead atoms. The molecule has 0 spiro atoms. The molecule has 0 radical (unpaired) electrons. The van der Waals surface area contributed by atoms with Gasteiger partial charge in [-0.1, -0.05) is 19.9 Å². The Morgan fingerprint density at radius 1 is 1.45 bits per heavy atom. The molecule has 0 fully saturated rings. The Balaban J connectivity index is 2.03. The summed E-state index contributed by atoms with van der Waals surface area (Å²) in [5.74, 6) is 0.229. The summed E-state index contributed by atoms with van der Waals surface area (Å²) < 4.78 is 1.88. The first kappa shape index (κ1) is 14.3. The van der Waals surface area contributed by atoms with Crippen molar-refractivity contribution in [2.75, 3.05) is 5.32 Å². The summed E-state index contributed by atoms with van der Waals surface area (Å²) in [6.07, 6.45) is 5.62. The highest BCUT2D eigenvalue weighted by atomic mass is 16.1. The maximum atomic E-state index is 11.9. The molecule has 3 N–H and O–H groups in total. The number of imidazole rings is 1. The van der Waals surface area contributed by atoms with Gasteiger partial charge in [0.2, 0.25) is 5.91 Å². The first-order valence-corrected chi connectivity index (χ1v) is 6.70. The molecule has 0 aliphatic heterocycles. The Labute approximate surface area is 118 Å². The standard InChI is InChI=1S/C15H20N4O/c1-11(2)14(16)9-15(20)18-12-4-3-5-13(8-12)19-7-6-17-10-19/h3-8,10-11,14H,9,16H2,1-2H3,(H,18,20). The van der Waals surface area contributed by atoms with Gasteiger partial charge in [-0.15, -0.1) is 0 Å². The number of amides is 1. The Kier molecular flexibility index (Phi) is 4.53. The van der Waals surface area contributed by atoms with E-state index in [1.807, 2.05) is 48.9 Å². The van der Waals surface area contributed by atoms with Gasteiger partial charge in [-0.2, -0.15) is 0 Å². The Morgan fingerprint density at radius 3 is 2.90 bits per heavy atom. The zero-order chi connectivity index (χ0) is 14.5. The number of hydrogen-bond donors (Lipinski definition) is 2. The maximum Gasteiger partial charge on any atom is 0.225 e. The topological polar surface area (TPSA) is 72.9 Å². The largest absolute Gasteiger partial charge is 0.327 e. The van der Waals surface area contributed by atoms with Crippen LogP contribution >= 0.6 is 0 Å². The van der Waals surface area contributed by atoms with Gasteiger partial charge in [-0.05, 0) is 24.1 Å². The van der Waals surface area contributed by atoms with E-state index in [2.05, 4.69) is 10.3 Å². The SMILES string of the molecule is CC(C)C(N)CC(=O)Nc1cccc(-n2ccnc2)c1. The number of hydrogen-bond acceptors (Lipinski definition) is 3. The summed E-state index contributed by atoms with van der Waals surface area (Å²) >= 11 is 0. The molecule has 106 valence electrons. The maximum absolute atomic E-state index is 11.9. The van der Waals surface area contributed by atoms with Crippen molar-refractivity contribution >= 4 is 11.6 Å². The van der Waals surface area contributed by atoms with Crippen LogP contribution in [0, 0.1) is 5.92 Å². The highest BCUT2D eigenvalue weighted by Crippen LogP contribution is 2.15. The highest BCUT2D eigenvalue weighted by molar-refractivity contribution is 5.91. The molecule has 2 rings (SSSR count). The van der Waals surface area contributed by atoms with Gasteiger partial charge in [0.15, 0.2) is 0 Å². The minimum Gasteiger partial charge on any atom is -0.327 e. The van der Waals surface area contributed by atoms with E-state index in [9.17, 15) is 4.79 Å². The quantitative estimate of drug-likeness (QED) is 0.876. The molecule has 2 aromatic rings. The predicted octanol–water partition coefficient (Wildman–Crippen LogP) is 2.18. The van der Waals surface area contributed by atoms with E-state index in [4.69, 9.17) is 5.73 Å². The van der Waals surface area contributed by atoms with Gasteiger partial charge >= 0.3 is 0 Å². The fraction of sp³-hybridized carbons (Fsp3) is 0.333. The molecule has 5 nitrogen and oxygen atoms in total. The third-order valence-corrected chi connectivity index (χ3v) is 3.21. The summed E-state index contributed by atoms with van der Waals surface area (Å²) in [4.78, 5) is 15.9. The minimum absolute atomic E-state index is 0.0611. The van der Waals surface area contributed by atoms with Crippen LogP contribution in [0.25, 0.3) is 5.69 Å². The summed E-state index contributed by atoms with van der Waals surface area (Å²) in [7, 11) is 0. The average Bonchev–Trinajstić information content (AvgIpc) is 2.92. The molecule has 20 heavy (non-hydrogen) atoms. The zero-order valence-corrected chi connectivity index (χ0v) is 11.8. The molecule has 1 atom stereocenters. The van der Waals surface area contributed by atoms with Crippen LogP contribution in [0.3, 0.4) is 0 Å². The fourth-order valence-corrected chi connectivity index (χ4v) is 1.82. The molecular weight excluding hydrogens is 252 g/mol. The normalized spacial score (nSPS) is 12.4. The number of carbonyl (C=O) groups is 1. The lowest BCUT2D eigenvalue weighted by atomic mass is 10.0. The lowest BCUT2D eigenvalue weighted by Gasteiger charge is -2.15. The number of nitrogens with one attached hydrogen (secondary N) is 1. The van der Waals surface area contributed by atoms with Crippen LogP contribution in [0.1, 0.15) is 20.3 Å². The monoisotopic (exact) mass is 272 g/mol. The van der Waals surface area contributed by atoms with Crippen molar-refractivity contribution in [3.8, 4) is 5.69 Å². The molecule has 1 aromatic heterocycles. The van der Waals surface area contributed by atoms with E-state index in [-0.39, 0.29) is 17.9 Å². The van der Waals surface area contributed by atoms with Crippen molar-refractivity contribution in [3.05, 3.63) is 43.0 Å². The summed E-state index contributed by atoms with van der Waals surface area (Å²) in [5.41, 5.74) is 7.62. The van der Waals surface area contributed by atoms with Crippen molar-refractivity contribution < 1.29 is 4.79 Å². The Hall–Kier alpha value is -2.14. The number of anilines is 1. The van der Waals surface area contributed by atoms with Gasteiger partial charge in [0, 0.05) is 36.2 Å². The molecule has 0 saturated carbocycles. The molecule has 5 heteroatoms. The fourth-order valence-electron chi connectivity index (χ4n) is 1.82. The van der Waals surface area contributed by atoms with Gasteiger partial charge in [0.25, 0.3) is 0 Å². The average molecular weight is 272 g/mol. The van der Waals surface area contributed by atoms with Crippen molar-refractivity contribution in [2.45, 2.75) is 26.3 Å². The van der Waals surface area contributed by atoms with Gasteiger partial charge < -0.3 is 15.6 Å². The van der Waals surface area contributed by atoms with E-state index in [0.29, 0.717) is 6.42 Å². The highest BCUT2D eigenvalue weighted by Gasteiger charge is 2.13. The van der Waals surface area contributed by atoms with Crippen LogP contribution in [0.2, 0.25) is 0 Å². The van der Waals surface area contributed by atoms with E-state index >= 15 is 0 Å². The first-order valence-electron chi connectivity index (χ1n) is 6.70. The van der Waals surface area contributed by atoms with Gasteiger partial charge in [-0.25, -0.2) is 4.98 Å². The van der Waals surface area contributed by atoms with Crippen molar-refractivity contribution in [1.29, 1.82) is 0 Å². The van der Waals surface area contributed by atoms with Crippen LogP contribution in [0.5, 0.6) is 0 Å². The summed E-state index contributed by atoms with van der Waals surface area (Å²) in [6.45, 7) is 4.02. The lowest BCUT2D eigenvalue weighted by Crippen LogP contribution is -2.31. The molecular formula is C15H20N4O. The zero-order valence-electron chi connectivity index (χ0n) is 11.8. The van der Waals surface area contributed by atoms with Gasteiger partial charge in [-0.3, -0.25) is 4.79 Å². The smallest absolute Gasteiger partial charge is 0.225 e. The van der Waals surface area contributed by atoms with Crippen molar-refractivity contribution in [1.82, 2.24) is 9.55 Å². The first-order chi connectivity index (χ1) is 9.56. The number of nitrogens with two attached hydrogens (primary N) is 1. The molecule has 0 saturated heterocycles. The third-order valence-electron chi connectivity index (χ3n) is 3.21. The molecule has 1 aromatic carbocycles. The predicted molar refractivity (Wildman–Crippen MR) is 79.6 cm³/mol. The van der Waals surface area contributed by atoms with E-state index in [1.54, 1.807) is 12.5 Å². The molecule has 0 aliphatic rings. The van der Waals surface area contributed by atoms with Gasteiger partial charge in [0.1, 0.15) is 0 Å². The third kappa shape index (κ3) is 3.68. The number of aromatic nitrogens is 2. The van der Waals surface area contributed by atoms with Crippen LogP contribution in [0.15, 0.2) is 43.0 Å². The van der Waals surface area contributed by atoms with E-state index in [1.165, 1.54) is 0 Å². The molecule has 1 unspecified atom stereocenters. The number of carbonyl (C=O) groups excluding carboxylic acids is 1. The minimum atomic E-state index is -0.119. The van der Waals surface area contributed by atoms with Crippen LogP contribution in [0.4, 0.5) is 5.69 Å². The molecule has 1 amide bonds. The second-order valence-corrected chi connectivity index (χ2v) is 5.18. The summed E-state index contributed by atoms with van der Waals surface area (Å²) in [5, 5.41) is 2.88. The van der Waals surface area contributed by atoms with Gasteiger partial charge in [0.05, 0.1) is 6.33 Å². The van der Waals surface area contributed by atoms with Crippen LogP contribution < -0.4 is 11.1 Å². The second-order valence-electron chi connectivity index (χ2n) is 5.18. The molecule has 0 aliphatic carbocycles. The van der Waals surface area contributed by atoms with Crippen LogP contribution in [-0.4, -0.2) is 21.5 Å². The van der Waals surface area contributed by atoms with Crippen molar-refractivity contribution in [3.63, 3.8) is 0 Å². The summed E-state index contributed by atoms with van der Waals surface area (Å²) in [6, 6.07) is 7.50. The second kappa shape index (κ2) is 6.34. The Bertz CT molecular complexity index is 563. The number of nitrogens with zero attached hydrogens (tertiary/aromatic N) is 2. The van der Waals surface area contributed by atoms with Crippen molar-refractivity contribution in [2.24, 2.45) is 11.7 Å². The van der Waals surface area contributed by atoms with E-state index in [0.717, 1.165) is 11.4 Å². The van der Waals surface area contributed by atoms with Crippen LogP contribution in [-0.2, 0) is 4.79 Å². The number of benzene rings is 1. The molecule has 1 heterocycles. The Morgan fingerprint density at radius 2 is 2.25 bits per heavy atom.